The topological polar surface area (TPSA) is 70.0 Å². The molecule has 96 valence electrons. The molecule has 1 atom stereocenters. The van der Waals surface area contributed by atoms with Crippen molar-refractivity contribution >= 4 is 10.0 Å². The smallest absolute Gasteiger partial charge is 0.212 e. The van der Waals surface area contributed by atoms with E-state index >= 15 is 0 Å². The second-order valence-corrected chi connectivity index (χ2v) is 7.15. The van der Waals surface area contributed by atoms with Crippen molar-refractivity contribution in [2.24, 2.45) is 11.8 Å². The van der Waals surface area contributed by atoms with Gasteiger partial charge in [-0.1, -0.05) is 19.3 Å². The Hall–Kier alpha value is -0.600. The van der Waals surface area contributed by atoms with E-state index in [4.69, 9.17) is 5.26 Å². The molecular weight excluding hydrogens is 236 g/mol. The second kappa shape index (κ2) is 5.36. The van der Waals surface area contributed by atoms with Crippen LogP contribution in [0.3, 0.4) is 0 Å². The minimum absolute atomic E-state index is 0.206. The van der Waals surface area contributed by atoms with Gasteiger partial charge in [0.15, 0.2) is 0 Å². The van der Waals surface area contributed by atoms with E-state index in [1.807, 2.05) is 0 Å². The first-order valence-electron chi connectivity index (χ1n) is 6.50. The summed E-state index contributed by atoms with van der Waals surface area (Å²) in [6.45, 7) is 0. The Morgan fingerprint density at radius 2 is 1.82 bits per heavy atom. The molecule has 0 spiro atoms. The van der Waals surface area contributed by atoms with Crippen molar-refractivity contribution in [1.29, 1.82) is 5.26 Å². The fourth-order valence-corrected chi connectivity index (χ4v) is 4.25. The number of nitrogens with zero attached hydrogens (tertiary/aromatic N) is 1. The summed E-state index contributed by atoms with van der Waals surface area (Å²) >= 11 is 0. The summed E-state index contributed by atoms with van der Waals surface area (Å²) in [5.74, 6) is 0.749. The highest BCUT2D eigenvalue weighted by atomic mass is 32.2. The first kappa shape index (κ1) is 12.8. The molecule has 1 N–H and O–H groups in total. The third kappa shape index (κ3) is 3.97. The lowest BCUT2D eigenvalue weighted by molar-refractivity contribution is 0.383. The molecule has 0 saturated heterocycles. The van der Waals surface area contributed by atoms with Crippen LogP contribution in [0.4, 0.5) is 0 Å². The summed E-state index contributed by atoms with van der Waals surface area (Å²) in [7, 11) is -3.27. The van der Waals surface area contributed by atoms with Gasteiger partial charge in [-0.3, -0.25) is 0 Å². The molecule has 17 heavy (non-hydrogen) atoms. The molecule has 0 aromatic heterocycles. The van der Waals surface area contributed by atoms with Gasteiger partial charge in [0.1, 0.15) is 6.04 Å². The lowest BCUT2D eigenvalue weighted by Crippen LogP contribution is -2.38. The van der Waals surface area contributed by atoms with Gasteiger partial charge >= 0.3 is 0 Å². The number of rotatable bonds is 5. The molecule has 0 bridgehead atoms. The molecule has 2 saturated carbocycles. The van der Waals surface area contributed by atoms with Crippen LogP contribution >= 0.6 is 0 Å². The second-order valence-electron chi connectivity index (χ2n) is 5.35. The molecule has 4 nitrogen and oxygen atoms in total. The van der Waals surface area contributed by atoms with E-state index in [0.29, 0.717) is 5.92 Å². The number of hydrogen-bond donors (Lipinski definition) is 1. The average Bonchev–Trinajstić information content (AvgIpc) is 3.10. The van der Waals surface area contributed by atoms with Crippen LogP contribution < -0.4 is 4.72 Å². The van der Waals surface area contributed by atoms with E-state index in [1.54, 1.807) is 0 Å². The maximum Gasteiger partial charge on any atom is 0.213 e. The Kier molecular flexibility index (Phi) is 4.05. The molecular formula is C12H20N2O2S. The minimum Gasteiger partial charge on any atom is -0.212 e. The lowest BCUT2D eigenvalue weighted by atomic mass is 9.91. The van der Waals surface area contributed by atoms with Gasteiger partial charge < -0.3 is 0 Å². The summed E-state index contributed by atoms with van der Waals surface area (Å²) in [5.41, 5.74) is 0. The van der Waals surface area contributed by atoms with E-state index < -0.39 is 16.1 Å². The fraction of sp³-hybridized carbons (Fsp3) is 0.917. The first-order chi connectivity index (χ1) is 8.11. The van der Waals surface area contributed by atoms with Crippen LogP contribution in [-0.2, 0) is 10.0 Å². The molecule has 0 aromatic carbocycles. The molecule has 2 rings (SSSR count). The Bertz CT molecular complexity index is 389. The van der Waals surface area contributed by atoms with Crippen LogP contribution in [0, 0.1) is 23.2 Å². The van der Waals surface area contributed by atoms with Crippen molar-refractivity contribution in [2.45, 2.75) is 51.0 Å². The Morgan fingerprint density at radius 3 is 2.35 bits per heavy atom. The Balaban J connectivity index is 1.86. The van der Waals surface area contributed by atoms with Gasteiger partial charge in [-0.15, -0.1) is 0 Å². The SMILES string of the molecule is N#CC(NS(=O)(=O)CC1CCCCC1)C1CC1. The van der Waals surface area contributed by atoms with Gasteiger partial charge in [0.05, 0.1) is 11.8 Å². The molecule has 0 aromatic rings. The Morgan fingerprint density at radius 1 is 1.18 bits per heavy atom. The molecule has 0 radical (unpaired) electrons. The van der Waals surface area contributed by atoms with Crippen molar-refractivity contribution in [3.8, 4) is 6.07 Å². The van der Waals surface area contributed by atoms with Crippen LogP contribution in [0.15, 0.2) is 0 Å². The highest BCUT2D eigenvalue weighted by Gasteiger charge is 2.34. The number of nitrogens with one attached hydrogen (secondary N) is 1. The quantitative estimate of drug-likeness (QED) is 0.815. The predicted molar refractivity (Wildman–Crippen MR) is 65.6 cm³/mol. The summed E-state index contributed by atoms with van der Waals surface area (Å²) in [6.07, 6.45) is 7.50. The summed E-state index contributed by atoms with van der Waals surface area (Å²) in [4.78, 5) is 0. The van der Waals surface area contributed by atoms with Gasteiger partial charge in [0.25, 0.3) is 0 Å². The van der Waals surface area contributed by atoms with Crippen LogP contribution in [0.1, 0.15) is 44.9 Å². The van der Waals surface area contributed by atoms with Gasteiger partial charge in [0, 0.05) is 0 Å². The molecule has 1 unspecified atom stereocenters. The lowest BCUT2D eigenvalue weighted by Gasteiger charge is -2.22. The van der Waals surface area contributed by atoms with Crippen molar-refractivity contribution in [3.05, 3.63) is 0 Å². The molecule has 2 aliphatic rings. The van der Waals surface area contributed by atoms with Crippen LogP contribution in [-0.4, -0.2) is 20.2 Å². The monoisotopic (exact) mass is 256 g/mol. The van der Waals surface area contributed by atoms with E-state index in [-0.39, 0.29) is 11.7 Å². The fourth-order valence-electron chi connectivity index (χ4n) is 2.56. The normalized spacial score (nSPS) is 24.2. The zero-order valence-corrected chi connectivity index (χ0v) is 10.9. The minimum atomic E-state index is -3.27. The maximum atomic E-state index is 11.9. The number of nitriles is 1. The van der Waals surface area contributed by atoms with Crippen molar-refractivity contribution in [3.63, 3.8) is 0 Å². The molecule has 0 aliphatic heterocycles. The molecule has 5 heteroatoms. The largest absolute Gasteiger partial charge is 0.213 e. The highest BCUT2D eigenvalue weighted by Crippen LogP contribution is 2.33. The summed E-state index contributed by atoms with van der Waals surface area (Å²) < 4.78 is 26.4. The standard InChI is InChI=1S/C12H20N2O2S/c13-8-12(11-6-7-11)14-17(15,16)9-10-4-2-1-3-5-10/h10-12,14H,1-7,9H2. The zero-order chi connectivity index (χ0) is 12.3. The van der Waals surface area contributed by atoms with Gasteiger partial charge in [-0.25, -0.2) is 8.42 Å². The van der Waals surface area contributed by atoms with Gasteiger partial charge in [-0.2, -0.15) is 9.98 Å². The molecule has 0 heterocycles. The van der Waals surface area contributed by atoms with E-state index in [9.17, 15) is 8.42 Å². The van der Waals surface area contributed by atoms with Crippen LogP contribution in [0.5, 0.6) is 0 Å². The molecule has 2 aliphatic carbocycles. The van der Waals surface area contributed by atoms with E-state index in [0.717, 1.165) is 38.5 Å². The highest BCUT2D eigenvalue weighted by molar-refractivity contribution is 7.89. The summed E-state index contributed by atoms with van der Waals surface area (Å²) in [5, 5.41) is 8.93. The van der Waals surface area contributed by atoms with E-state index in [1.165, 1.54) is 6.42 Å². The molecule has 2 fully saturated rings. The van der Waals surface area contributed by atoms with Crippen molar-refractivity contribution in [1.82, 2.24) is 4.72 Å². The van der Waals surface area contributed by atoms with Crippen molar-refractivity contribution in [2.75, 3.05) is 5.75 Å². The first-order valence-corrected chi connectivity index (χ1v) is 8.15. The maximum absolute atomic E-state index is 11.9. The van der Waals surface area contributed by atoms with E-state index in [2.05, 4.69) is 10.8 Å². The van der Waals surface area contributed by atoms with Crippen LogP contribution in [0.25, 0.3) is 0 Å². The third-order valence-corrected chi connectivity index (χ3v) is 5.24. The number of sulfonamides is 1. The zero-order valence-electron chi connectivity index (χ0n) is 10.1. The Labute approximate surface area is 103 Å². The van der Waals surface area contributed by atoms with Gasteiger partial charge in [0.2, 0.25) is 10.0 Å². The number of hydrogen-bond acceptors (Lipinski definition) is 3. The third-order valence-electron chi connectivity index (χ3n) is 3.72. The molecule has 0 amide bonds. The summed E-state index contributed by atoms with van der Waals surface area (Å²) in [6, 6.07) is 1.57. The van der Waals surface area contributed by atoms with Crippen LogP contribution in [0.2, 0.25) is 0 Å². The predicted octanol–water partition coefficient (Wildman–Crippen LogP) is 1.79. The van der Waals surface area contributed by atoms with Crippen molar-refractivity contribution < 1.29 is 8.42 Å². The average molecular weight is 256 g/mol. The van der Waals surface area contributed by atoms with Gasteiger partial charge in [-0.05, 0) is 37.5 Å².